The number of thioether (sulfide) groups is 1. The van der Waals surface area contributed by atoms with Crippen molar-refractivity contribution in [2.75, 3.05) is 32.6 Å². The van der Waals surface area contributed by atoms with Gasteiger partial charge in [0.05, 0.1) is 0 Å². The molecule has 0 saturated heterocycles. The number of rotatable bonds is 5. The van der Waals surface area contributed by atoms with E-state index in [1.165, 1.54) is 5.56 Å². The Morgan fingerprint density at radius 1 is 1.37 bits per heavy atom. The summed E-state index contributed by atoms with van der Waals surface area (Å²) in [6, 6.07) is 8.37. The standard InChI is InChI=1S/C13H20BrN3S.HI/c1-15-13(16-8-9-18-3)17(2)10-11-4-6-12(14)7-5-11;/h4-7H,8-10H2,1-3H3,(H,15,16);1H. The Hall–Kier alpha value is 0.0500. The van der Waals surface area contributed by atoms with E-state index in [1.54, 1.807) is 0 Å². The van der Waals surface area contributed by atoms with E-state index in [0.717, 1.165) is 29.3 Å². The number of guanidine groups is 1. The highest BCUT2D eigenvalue weighted by Gasteiger charge is 2.05. The average Bonchev–Trinajstić information content (AvgIpc) is 2.37. The van der Waals surface area contributed by atoms with Gasteiger partial charge >= 0.3 is 0 Å². The first kappa shape index (κ1) is 19.1. The highest BCUT2D eigenvalue weighted by Crippen LogP contribution is 2.11. The second-order valence-electron chi connectivity index (χ2n) is 3.95. The van der Waals surface area contributed by atoms with Crippen LogP contribution in [0.25, 0.3) is 0 Å². The number of hydrogen-bond donors (Lipinski definition) is 1. The molecule has 0 aromatic heterocycles. The van der Waals surface area contributed by atoms with E-state index >= 15 is 0 Å². The van der Waals surface area contributed by atoms with Gasteiger partial charge in [-0.05, 0) is 24.0 Å². The number of nitrogens with one attached hydrogen (secondary N) is 1. The van der Waals surface area contributed by atoms with Crippen molar-refractivity contribution >= 4 is 57.6 Å². The van der Waals surface area contributed by atoms with Crippen molar-refractivity contribution in [1.29, 1.82) is 0 Å². The molecule has 3 nitrogen and oxygen atoms in total. The summed E-state index contributed by atoms with van der Waals surface area (Å²) in [5.74, 6) is 2.03. The highest BCUT2D eigenvalue weighted by atomic mass is 127. The Labute approximate surface area is 145 Å². The molecule has 0 aliphatic rings. The average molecular weight is 458 g/mol. The van der Waals surface area contributed by atoms with Crippen LogP contribution in [0.4, 0.5) is 0 Å². The second-order valence-corrected chi connectivity index (χ2v) is 5.85. The molecule has 0 aliphatic heterocycles. The summed E-state index contributed by atoms with van der Waals surface area (Å²) in [6.07, 6.45) is 2.11. The molecule has 0 atom stereocenters. The van der Waals surface area contributed by atoms with Gasteiger partial charge in [-0.1, -0.05) is 28.1 Å². The zero-order valence-electron chi connectivity index (χ0n) is 11.5. The van der Waals surface area contributed by atoms with Crippen LogP contribution in [-0.2, 0) is 6.54 Å². The molecule has 6 heteroatoms. The highest BCUT2D eigenvalue weighted by molar-refractivity contribution is 14.0. The first-order valence-electron chi connectivity index (χ1n) is 5.82. The molecule has 0 spiro atoms. The first-order valence-corrected chi connectivity index (χ1v) is 8.01. The van der Waals surface area contributed by atoms with E-state index in [1.807, 2.05) is 18.8 Å². The molecule has 0 fully saturated rings. The Morgan fingerprint density at radius 2 is 2.00 bits per heavy atom. The normalized spacial score (nSPS) is 10.8. The third-order valence-electron chi connectivity index (χ3n) is 2.50. The number of nitrogens with zero attached hydrogens (tertiary/aromatic N) is 2. The molecule has 108 valence electrons. The van der Waals surface area contributed by atoms with Gasteiger partial charge in [-0.3, -0.25) is 4.99 Å². The Kier molecular flexibility index (Phi) is 10.8. The van der Waals surface area contributed by atoms with Crippen LogP contribution >= 0.6 is 51.7 Å². The molecule has 1 rings (SSSR count). The molecular weight excluding hydrogens is 437 g/mol. The van der Waals surface area contributed by atoms with Gasteiger partial charge in [0.25, 0.3) is 0 Å². The van der Waals surface area contributed by atoms with Crippen LogP contribution in [0.1, 0.15) is 5.56 Å². The van der Waals surface area contributed by atoms with E-state index in [-0.39, 0.29) is 24.0 Å². The summed E-state index contributed by atoms with van der Waals surface area (Å²) >= 11 is 5.27. The monoisotopic (exact) mass is 457 g/mol. The summed E-state index contributed by atoms with van der Waals surface area (Å²) < 4.78 is 1.11. The van der Waals surface area contributed by atoms with E-state index in [9.17, 15) is 0 Å². The fourth-order valence-electron chi connectivity index (χ4n) is 1.59. The Bertz CT molecular complexity index is 384. The van der Waals surface area contributed by atoms with Gasteiger partial charge in [-0.25, -0.2) is 0 Å². The number of hydrogen-bond acceptors (Lipinski definition) is 2. The molecule has 1 N–H and O–H groups in total. The molecular formula is C13H21BrIN3S. The Morgan fingerprint density at radius 3 is 2.53 bits per heavy atom. The van der Waals surface area contributed by atoms with Crippen LogP contribution < -0.4 is 5.32 Å². The van der Waals surface area contributed by atoms with E-state index in [2.05, 4.69) is 68.7 Å². The smallest absolute Gasteiger partial charge is 0.193 e. The molecule has 0 saturated carbocycles. The Balaban J connectivity index is 0.00000324. The SMILES string of the molecule is CN=C(NCCSC)N(C)Cc1ccc(Br)cc1.I. The van der Waals surface area contributed by atoms with Gasteiger partial charge in [0.1, 0.15) is 0 Å². The van der Waals surface area contributed by atoms with Crippen LogP contribution in [0, 0.1) is 0 Å². The minimum absolute atomic E-state index is 0. The third kappa shape index (κ3) is 7.41. The van der Waals surface area contributed by atoms with Crippen LogP contribution in [0.2, 0.25) is 0 Å². The summed E-state index contributed by atoms with van der Waals surface area (Å²) in [7, 11) is 3.87. The van der Waals surface area contributed by atoms with Gasteiger partial charge in [0, 0.05) is 37.4 Å². The van der Waals surface area contributed by atoms with Crippen LogP contribution in [0.15, 0.2) is 33.7 Å². The van der Waals surface area contributed by atoms with E-state index < -0.39 is 0 Å². The lowest BCUT2D eigenvalue weighted by Crippen LogP contribution is -2.39. The third-order valence-corrected chi connectivity index (χ3v) is 3.64. The lowest BCUT2D eigenvalue weighted by atomic mass is 10.2. The molecule has 0 radical (unpaired) electrons. The molecule has 0 bridgehead atoms. The van der Waals surface area contributed by atoms with Crippen molar-refractivity contribution in [3.63, 3.8) is 0 Å². The predicted molar refractivity (Wildman–Crippen MR) is 101 cm³/mol. The minimum Gasteiger partial charge on any atom is -0.355 e. The van der Waals surface area contributed by atoms with Crippen molar-refractivity contribution < 1.29 is 0 Å². The zero-order valence-corrected chi connectivity index (χ0v) is 16.3. The first-order chi connectivity index (χ1) is 8.67. The molecule has 19 heavy (non-hydrogen) atoms. The van der Waals surface area contributed by atoms with Crippen molar-refractivity contribution in [3.8, 4) is 0 Å². The largest absolute Gasteiger partial charge is 0.355 e. The fourth-order valence-corrected chi connectivity index (χ4v) is 2.16. The maximum Gasteiger partial charge on any atom is 0.193 e. The quantitative estimate of drug-likeness (QED) is 0.317. The van der Waals surface area contributed by atoms with Crippen molar-refractivity contribution in [3.05, 3.63) is 34.3 Å². The van der Waals surface area contributed by atoms with Crippen molar-refractivity contribution in [1.82, 2.24) is 10.2 Å². The summed E-state index contributed by atoms with van der Waals surface area (Å²) in [4.78, 5) is 6.41. The molecule has 0 amide bonds. The van der Waals surface area contributed by atoms with Crippen molar-refractivity contribution in [2.45, 2.75) is 6.54 Å². The molecule has 0 unspecified atom stereocenters. The van der Waals surface area contributed by atoms with Crippen LogP contribution in [0.5, 0.6) is 0 Å². The second kappa shape index (κ2) is 10.8. The van der Waals surface area contributed by atoms with E-state index in [0.29, 0.717) is 0 Å². The van der Waals surface area contributed by atoms with Gasteiger partial charge in [-0.15, -0.1) is 24.0 Å². The van der Waals surface area contributed by atoms with Gasteiger partial charge in [-0.2, -0.15) is 11.8 Å². The van der Waals surface area contributed by atoms with Gasteiger partial charge in [0.15, 0.2) is 5.96 Å². The van der Waals surface area contributed by atoms with E-state index in [4.69, 9.17) is 0 Å². The van der Waals surface area contributed by atoms with Crippen LogP contribution in [-0.4, -0.2) is 43.5 Å². The summed E-state index contributed by atoms with van der Waals surface area (Å²) in [5.41, 5.74) is 1.27. The molecule has 0 aliphatic carbocycles. The predicted octanol–water partition coefficient (Wildman–Crippen LogP) is 3.44. The molecule has 1 aromatic carbocycles. The minimum atomic E-state index is 0. The maximum absolute atomic E-state index is 4.29. The topological polar surface area (TPSA) is 27.6 Å². The maximum atomic E-state index is 4.29. The number of halogens is 2. The zero-order chi connectivity index (χ0) is 13.4. The van der Waals surface area contributed by atoms with Gasteiger partial charge in [0.2, 0.25) is 0 Å². The van der Waals surface area contributed by atoms with Crippen molar-refractivity contribution in [2.24, 2.45) is 4.99 Å². The lowest BCUT2D eigenvalue weighted by Gasteiger charge is -2.22. The lowest BCUT2D eigenvalue weighted by molar-refractivity contribution is 0.479. The molecule has 0 heterocycles. The number of benzene rings is 1. The van der Waals surface area contributed by atoms with Crippen LogP contribution in [0.3, 0.4) is 0 Å². The van der Waals surface area contributed by atoms with Gasteiger partial charge < -0.3 is 10.2 Å². The summed E-state index contributed by atoms with van der Waals surface area (Å²) in [6.45, 7) is 1.80. The number of aliphatic imine (C=N–C) groups is 1. The fraction of sp³-hybridized carbons (Fsp3) is 0.462. The summed E-state index contributed by atoms with van der Waals surface area (Å²) in [5, 5.41) is 3.35. The molecule has 1 aromatic rings.